The summed E-state index contributed by atoms with van der Waals surface area (Å²) < 4.78 is 1.50. The van der Waals surface area contributed by atoms with E-state index in [0.717, 1.165) is 4.90 Å². The van der Waals surface area contributed by atoms with Crippen LogP contribution in [-0.4, -0.2) is 27.3 Å². The van der Waals surface area contributed by atoms with Crippen molar-refractivity contribution in [1.82, 2.24) is 20.6 Å². The summed E-state index contributed by atoms with van der Waals surface area (Å²) in [5.74, 6) is -0.652. The summed E-state index contributed by atoms with van der Waals surface area (Å²) in [7, 11) is 0. The third-order valence-corrected chi connectivity index (χ3v) is 5.03. The SMILES string of the molecule is O=C(CSc1ccc(Cl)cc1)NNC(=O)c1cnn(-c2ccccc2Cl)c1. The standard InChI is InChI=1S/C18H14Cl2N4O2S/c19-13-5-7-14(8-6-13)27-11-17(25)22-23-18(26)12-9-21-24(10-12)16-4-2-1-3-15(16)20/h1-10H,11H2,(H,22,25)(H,23,26). The molecule has 0 radical (unpaired) electrons. The first-order chi connectivity index (χ1) is 13.0. The highest BCUT2D eigenvalue weighted by molar-refractivity contribution is 8.00. The third kappa shape index (κ3) is 5.26. The summed E-state index contributed by atoms with van der Waals surface area (Å²) in [6.45, 7) is 0. The molecule has 0 aliphatic heterocycles. The molecule has 0 atom stereocenters. The molecule has 6 nitrogen and oxygen atoms in total. The molecule has 3 aromatic rings. The molecule has 2 N–H and O–H groups in total. The van der Waals surface area contributed by atoms with Crippen LogP contribution in [0.3, 0.4) is 0 Å². The number of thioether (sulfide) groups is 1. The number of para-hydroxylation sites is 1. The minimum absolute atomic E-state index is 0.154. The molecule has 2 amide bonds. The second-order valence-electron chi connectivity index (χ2n) is 5.37. The molecule has 3 rings (SSSR count). The Bertz CT molecular complexity index is 960. The highest BCUT2D eigenvalue weighted by Gasteiger charge is 2.12. The van der Waals surface area contributed by atoms with Crippen LogP contribution in [0.1, 0.15) is 10.4 Å². The van der Waals surface area contributed by atoms with Gasteiger partial charge in [-0.25, -0.2) is 4.68 Å². The van der Waals surface area contributed by atoms with E-state index >= 15 is 0 Å². The van der Waals surface area contributed by atoms with Gasteiger partial charge in [0.25, 0.3) is 5.91 Å². The van der Waals surface area contributed by atoms with Crippen LogP contribution >= 0.6 is 35.0 Å². The highest BCUT2D eigenvalue weighted by Crippen LogP contribution is 2.20. The number of halogens is 2. The van der Waals surface area contributed by atoms with Gasteiger partial charge in [0.05, 0.1) is 28.2 Å². The number of aromatic nitrogens is 2. The van der Waals surface area contributed by atoms with Gasteiger partial charge in [-0.05, 0) is 36.4 Å². The molecule has 0 aliphatic rings. The van der Waals surface area contributed by atoms with Crippen LogP contribution < -0.4 is 10.9 Å². The fraction of sp³-hybridized carbons (Fsp3) is 0.0556. The van der Waals surface area contributed by atoms with Crippen molar-refractivity contribution in [1.29, 1.82) is 0 Å². The average molecular weight is 421 g/mol. The van der Waals surface area contributed by atoms with E-state index in [0.29, 0.717) is 21.3 Å². The Labute approximate surface area is 169 Å². The van der Waals surface area contributed by atoms with Gasteiger partial charge in [-0.2, -0.15) is 5.10 Å². The number of carbonyl (C=O) groups excluding carboxylic acids is 2. The summed E-state index contributed by atoms with van der Waals surface area (Å²) in [6, 6.07) is 14.3. The molecule has 2 aromatic carbocycles. The Morgan fingerprint density at radius 2 is 1.78 bits per heavy atom. The van der Waals surface area contributed by atoms with Crippen molar-refractivity contribution < 1.29 is 9.59 Å². The number of hydrazine groups is 1. The fourth-order valence-electron chi connectivity index (χ4n) is 2.12. The number of amides is 2. The monoisotopic (exact) mass is 420 g/mol. The second-order valence-corrected chi connectivity index (χ2v) is 7.26. The minimum atomic E-state index is -0.474. The van der Waals surface area contributed by atoms with Gasteiger partial charge in [0.1, 0.15) is 0 Å². The predicted octanol–water partition coefficient (Wildman–Crippen LogP) is 3.73. The van der Waals surface area contributed by atoms with Crippen LogP contribution in [0, 0.1) is 0 Å². The van der Waals surface area contributed by atoms with Gasteiger partial charge in [-0.1, -0.05) is 35.3 Å². The topological polar surface area (TPSA) is 76.0 Å². The molecule has 138 valence electrons. The van der Waals surface area contributed by atoms with Crippen LogP contribution in [0.4, 0.5) is 0 Å². The Balaban J connectivity index is 1.51. The Morgan fingerprint density at radius 1 is 1.04 bits per heavy atom. The van der Waals surface area contributed by atoms with Gasteiger partial charge in [0.15, 0.2) is 0 Å². The zero-order chi connectivity index (χ0) is 19.2. The van der Waals surface area contributed by atoms with Crippen molar-refractivity contribution in [2.24, 2.45) is 0 Å². The first-order valence-corrected chi connectivity index (χ1v) is 9.54. The molecule has 0 bridgehead atoms. The average Bonchev–Trinajstić information content (AvgIpc) is 3.16. The van der Waals surface area contributed by atoms with Gasteiger partial charge >= 0.3 is 0 Å². The largest absolute Gasteiger partial charge is 0.272 e. The molecule has 27 heavy (non-hydrogen) atoms. The smallest absolute Gasteiger partial charge is 0.272 e. The first kappa shape index (κ1) is 19.3. The van der Waals surface area contributed by atoms with E-state index in [2.05, 4.69) is 16.0 Å². The van der Waals surface area contributed by atoms with E-state index < -0.39 is 5.91 Å². The molecule has 0 saturated heterocycles. The van der Waals surface area contributed by atoms with E-state index in [1.807, 2.05) is 18.2 Å². The Kier molecular flexibility index (Phi) is 6.39. The van der Waals surface area contributed by atoms with Gasteiger partial charge in [0, 0.05) is 16.1 Å². The summed E-state index contributed by atoms with van der Waals surface area (Å²) in [5.41, 5.74) is 5.69. The van der Waals surface area contributed by atoms with Crippen molar-refractivity contribution >= 4 is 46.8 Å². The van der Waals surface area contributed by atoms with Crippen LogP contribution in [0.5, 0.6) is 0 Å². The number of nitrogens with one attached hydrogen (secondary N) is 2. The lowest BCUT2D eigenvalue weighted by Gasteiger charge is -2.06. The molecule has 0 fully saturated rings. The lowest BCUT2D eigenvalue weighted by atomic mass is 10.3. The number of carbonyl (C=O) groups is 2. The maximum absolute atomic E-state index is 12.2. The van der Waals surface area contributed by atoms with E-state index in [4.69, 9.17) is 23.2 Å². The number of hydrogen-bond donors (Lipinski definition) is 2. The third-order valence-electron chi connectivity index (χ3n) is 3.44. The number of nitrogens with zero attached hydrogens (tertiary/aromatic N) is 2. The molecule has 9 heteroatoms. The zero-order valence-corrected chi connectivity index (χ0v) is 16.2. The van der Waals surface area contributed by atoms with Crippen molar-refractivity contribution in [2.75, 3.05) is 5.75 Å². The van der Waals surface area contributed by atoms with Crippen LogP contribution in [0.2, 0.25) is 10.0 Å². The highest BCUT2D eigenvalue weighted by atomic mass is 35.5. The van der Waals surface area contributed by atoms with Crippen molar-refractivity contribution in [3.8, 4) is 5.69 Å². The van der Waals surface area contributed by atoms with E-state index in [-0.39, 0.29) is 11.7 Å². The fourth-order valence-corrected chi connectivity index (χ4v) is 3.17. The van der Waals surface area contributed by atoms with Crippen LogP contribution in [0.15, 0.2) is 65.8 Å². The summed E-state index contributed by atoms with van der Waals surface area (Å²) in [5, 5.41) is 5.27. The van der Waals surface area contributed by atoms with E-state index in [9.17, 15) is 9.59 Å². The maximum atomic E-state index is 12.2. The zero-order valence-electron chi connectivity index (χ0n) is 13.9. The second kappa shape index (κ2) is 8.94. The summed E-state index contributed by atoms with van der Waals surface area (Å²) in [6.07, 6.45) is 2.93. The Morgan fingerprint density at radius 3 is 2.52 bits per heavy atom. The van der Waals surface area contributed by atoms with Gasteiger partial charge in [-0.15, -0.1) is 11.8 Å². The molecule has 0 unspecified atom stereocenters. The van der Waals surface area contributed by atoms with Crippen LogP contribution in [-0.2, 0) is 4.79 Å². The van der Waals surface area contributed by atoms with Crippen molar-refractivity contribution in [2.45, 2.75) is 4.90 Å². The van der Waals surface area contributed by atoms with Crippen molar-refractivity contribution in [3.05, 3.63) is 76.5 Å². The molecular weight excluding hydrogens is 407 g/mol. The van der Waals surface area contributed by atoms with Gasteiger partial charge in [0.2, 0.25) is 5.91 Å². The summed E-state index contributed by atoms with van der Waals surface area (Å²) in [4.78, 5) is 24.9. The Hall–Kier alpha value is -2.48. The van der Waals surface area contributed by atoms with E-state index in [1.54, 1.807) is 30.3 Å². The number of hydrogen-bond acceptors (Lipinski definition) is 4. The summed E-state index contributed by atoms with van der Waals surface area (Å²) >= 11 is 13.3. The minimum Gasteiger partial charge on any atom is -0.272 e. The predicted molar refractivity (Wildman–Crippen MR) is 106 cm³/mol. The lowest BCUT2D eigenvalue weighted by Crippen LogP contribution is -2.42. The molecule has 0 aliphatic carbocycles. The van der Waals surface area contributed by atoms with Crippen molar-refractivity contribution in [3.63, 3.8) is 0 Å². The van der Waals surface area contributed by atoms with Crippen LogP contribution in [0.25, 0.3) is 5.69 Å². The lowest BCUT2D eigenvalue weighted by molar-refractivity contribution is -0.119. The number of benzene rings is 2. The number of rotatable bonds is 5. The first-order valence-electron chi connectivity index (χ1n) is 7.80. The molecule has 0 spiro atoms. The van der Waals surface area contributed by atoms with Gasteiger partial charge < -0.3 is 0 Å². The molecule has 1 heterocycles. The molecule has 1 aromatic heterocycles. The normalized spacial score (nSPS) is 10.4. The van der Waals surface area contributed by atoms with E-state index in [1.165, 1.54) is 28.8 Å². The molecule has 0 saturated carbocycles. The quantitative estimate of drug-likeness (QED) is 0.486. The molecular formula is C18H14Cl2N4O2S. The van der Waals surface area contributed by atoms with Gasteiger partial charge in [-0.3, -0.25) is 20.4 Å². The maximum Gasteiger partial charge on any atom is 0.272 e.